The largest absolute Gasteiger partial charge is 0.339 e. The van der Waals surface area contributed by atoms with E-state index in [1.807, 2.05) is 0 Å². The van der Waals surface area contributed by atoms with E-state index in [2.05, 4.69) is 40.7 Å². The number of unbranched alkanes of at least 4 members (excludes halogenated alkanes) is 6. The van der Waals surface area contributed by atoms with Crippen LogP contribution >= 0.6 is 0 Å². The molecule has 29 heavy (non-hydrogen) atoms. The summed E-state index contributed by atoms with van der Waals surface area (Å²) in [4.78, 5) is 19.9. The van der Waals surface area contributed by atoms with E-state index < -0.39 is 0 Å². The summed E-state index contributed by atoms with van der Waals surface area (Å²) in [6, 6.07) is 8.97. The van der Waals surface area contributed by atoms with Gasteiger partial charge in [0, 0.05) is 31.5 Å². The van der Waals surface area contributed by atoms with Gasteiger partial charge in [0.2, 0.25) is 5.91 Å². The van der Waals surface area contributed by atoms with E-state index >= 15 is 0 Å². The maximum atomic E-state index is 12.7. The zero-order valence-corrected chi connectivity index (χ0v) is 18.1. The van der Waals surface area contributed by atoms with Crippen LogP contribution in [0.5, 0.6) is 0 Å². The summed E-state index contributed by atoms with van der Waals surface area (Å²) < 4.78 is 2.43. The Labute approximate surface area is 175 Å². The molecule has 1 aromatic heterocycles. The second-order valence-corrected chi connectivity index (χ2v) is 9.12. The Morgan fingerprint density at radius 2 is 1.72 bits per heavy atom. The molecule has 1 aliphatic carbocycles. The first-order valence-electron chi connectivity index (χ1n) is 12.0. The normalized spacial score (nSPS) is 20.4. The highest BCUT2D eigenvalue weighted by molar-refractivity contribution is 5.81. The molecule has 4 rings (SSSR count). The number of rotatable bonds is 10. The van der Waals surface area contributed by atoms with Gasteiger partial charge in [-0.3, -0.25) is 4.79 Å². The van der Waals surface area contributed by atoms with Crippen LogP contribution in [0.15, 0.2) is 24.3 Å². The van der Waals surface area contributed by atoms with Gasteiger partial charge in [0.05, 0.1) is 11.0 Å². The Hall–Kier alpha value is -1.84. The minimum atomic E-state index is 0.250. The molecule has 2 fully saturated rings. The zero-order valence-electron chi connectivity index (χ0n) is 18.1. The van der Waals surface area contributed by atoms with Crippen LogP contribution in [0.25, 0.3) is 11.0 Å². The van der Waals surface area contributed by atoms with Crippen LogP contribution in [0.4, 0.5) is 0 Å². The number of hydrogen-bond donors (Lipinski definition) is 0. The monoisotopic (exact) mass is 395 g/mol. The quantitative estimate of drug-likeness (QED) is 0.460. The van der Waals surface area contributed by atoms with Crippen molar-refractivity contribution < 1.29 is 4.79 Å². The van der Waals surface area contributed by atoms with Crippen molar-refractivity contribution in [3.05, 3.63) is 30.1 Å². The minimum absolute atomic E-state index is 0.250. The van der Waals surface area contributed by atoms with Gasteiger partial charge in [-0.05, 0) is 31.4 Å². The lowest BCUT2D eigenvalue weighted by molar-refractivity contribution is -0.129. The Kier molecular flexibility index (Phi) is 6.89. The van der Waals surface area contributed by atoms with Crippen LogP contribution in [0, 0.1) is 0 Å². The molecule has 0 spiro atoms. The highest BCUT2D eigenvalue weighted by Gasteiger charge is 2.38. The number of amides is 1. The van der Waals surface area contributed by atoms with Crippen molar-refractivity contribution in [1.82, 2.24) is 14.5 Å². The number of hydrogen-bond acceptors (Lipinski definition) is 2. The van der Waals surface area contributed by atoms with Crippen molar-refractivity contribution in [2.45, 2.75) is 102 Å². The fraction of sp³-hybridized carbons (Fsp3) is 0.680. The number of carbonyl (C=O) groups excluding carboxylic acids is 1. The molecule has 1 saturated carbocycles. The Morgan fingerprint density at radius 3 is 2.52 bits per heavy atom. The number of benzene rings is 1. The van der Waals surface area contributed by atoms with Gasteiger partial charge in [0.25, 0.3) is 0 Å². The lowest BCUT2D eigenvalue weighted by Crippen LogP contribution is -2.34. The van der Waals surface area contributed by atoms with Crippen LogP contribution in [-0.4, -0.2) is 32.9 Å². The summed E-state index contributed by atoms with van der Waals surface area (Å²) in [6.07, 6.45) is 14.8. The van der Waals surface area contributed by atoms with Gasteiger partial charge < -0.3 is 9.47 Å². The summed E-state index contributed by atoms with van der Waals surface area (Å²) in [5.41, 5.74) is 2.32. The summed E-state index contributed by atoms with van der Waals surface area (Å²) >= 11 is 0. The van der Waals surface area contributed by atoms with E-state index in [1.165, 1.54) is 76.1 Å². The molecule has 4 heteroatoms. The number of para-hydroxylation sites is 2. The third kappa shape index (κ3) is 4.67. The number of aryl methyl sites for hydroxylation is 1. The van der Waals surface area contributed by atoms with Gasteiger partial charge in [-0.25, -0.2) is 4.98 Å². The van der Waals surface area contributed by atoms with Gasteiger partial charge in [-0.2, -0.15) is 0 Å². The van der Waals surface area contributed by atoms with E-state index in [0.29, 0.717) is 18.4 Å². The zero-order chi connectivity index (χ0) is 20.1. The molecule has 1 aromatic carbocycles. The first kappa shape index (κ1) is 20.4. The van der Waals surface area contributed by atoms with Crippen LogP contribution < -0.4 is 0 Å². The van der Waals surface area contributed by atoms with Crippen molar-refractivity contribution in [3.8, 4) is 0 Å². The summed E-state index contributed by atoms with van der Waals surface area (Å²) in [5.74, 6) is 1.74. The Bertz CT molecular complexity index is 806. The van der Waals surface area contributed by atoms with E-state index in [4.69, 9.17) is 4.98 Å². The number of carbonyl (C=O) groups is 1. The van der Waals surface area contributed by atoms with E-state index in [9.17, 15) is 4.79 Å². The van der Waals surface area contributed by atoms with Crippen molar-refractivity contribution in [3.63, 3.8) is 0 Å². The number of nitrogens with zero attached hydrogens (tertiary/aromatic N) is 3. The topological polar surface area (TPSA) is 38.1 Å². The van der Waals surface area contributed by atoms with E-state index in [-0.39, 0.29) is 5.92 Å². The molecule has 4 nitrogen and oxygen atoms in total. The SMILES string of the molecule is CCCCCCCCCn1c(C2CC(=O)N(C3CCCC3)C2)nc2ccccc21. The molecular weight excluding hydrogens is 358 g/mol. The molecule has 1 atom stereocenters. The van der Waals surface area contributed by atoms with Crippen molar-refractivity contribution in [1.29, 1.82) is 0 Å². The number of imidazole rings is 1. The van der Waals surface area contributed by atoms with Gasteiger partial charge in [0.1, 0.15) is 5.82 Å². The second-order valence-electron chi connectivity index (χ2n) is 9.12. The van der Waals surface area contributed by atoms with Crippen molar-refractivity contribution in [2.24, 2.45) is 0 Å². The predicted molar refractivity (Wildman–Crippen MR) is 119 cm³/mol. The molecule has 158 valence electrons. The fourth-order valence-corrected chi connectivity index (χ4v) is 5.34. The van der Waals surface area contributed by atoms with E-state index in [1.54, 1.807) is 0 Å². The first-order chi connectivity index (χ1) is 14.3. The predicted octanol–water partition coefficient (Wildman–Crippen LogP) is 6.05. The van der Waals surface area contributed by atoms with Crippen molar-refractivity contribution >= 4 is 16.9 Å². The highest BCUT2D eigenvalue weighted by atomic mass is 16.2. The van der Waals surface area contributed by atoms with Gasteiger partial charge in [-0.1, -0.05) is 70.4 Å². The molecule has 0 radical (unpaired) electrons. The third-order valence-electron chi connectivity index (χ3n) is 6.96. The average molecular weight is 396 g/mol. The number of fused-ring (bicyclic) bond motifs is 1. The highest BCUT2D eigenvalue weighted by Crippen LogP contribution is 2.35. The smallest absolute Gasteiger partial charge is 0.223 e. The van der Waals surface area contributed by atoms with Gasteiger partial charge >= 0.3 is 0 Å². The lowest BCUT2D eigenvalue weighted by atomic mass is 10.1. The van der Waals surface area contributed by atoms with Gasteiger partial charge in [0.15, 0.2) is 0 Å². The molecule has 2 aromatic rings. The van der Waals surface area contributed by atoms with Crippen molar-refractivity contribution in [2.75, 3.05) is 6.54 Å². The fourth-order valence-electron chi connectivity index (χ4n) is 5.34. The number of likely N-dealkylation sites (tertiary alicyclic amines) is 1. The number of aromatic nitrogens is 2. The van der Waals surface area contributed by atoms with Gasteiger partial charge in [-0.15, -0.1) is 0 Å². The molecular formula is C25H37N3O. The Morgan fingerprint density at radius 1 is 1.00 bits per heavy atom. The van der Waals surface area contributed by atoms with Crippen LogP contribution in [-0.2, 0) is 11.3 Å². The van der Waals surface area contributed by atoms with Crippen LogP contribution in [0.3, 0.4) is 0 Å². The second kappa shape index (κ2) is 9.77. The van der Waals surface area contributed by atoms with Crippen LogP contribution in [0.2, 0.25) is 0 Å². The van der Waals surface area contributed by atoms with Crippen LogP contribution in [0.1, 0.15) is 95.7 Å². The molecule has 1 saturated heterocycles. The molecule has 0 N–H and O–H groups in total. The first-order valence-corrected chi connectivity index (χ1v) is 12.0. The Balaban J connectivity index is 1.44. The molecule has 2 aliphatic rings. The minimum Gasteiger partial charge on any atom is -0.339 e. The third-order valence-corrected chi connectivity index (χ3v) is 6.96. The molecule has 1 amide bonds. The summed E-state index contributed by atoms with van der Waals surface area (Å²) in [6.45, 7) is 4.16. The summed E-state index contributed by atoms with van der Waals surface area (Å²) in [5, 5.41) is 0. The maximum absolute atomic E-state index is 12.7. The standard InChI is InChI=1S/C25H37N3O/c1-2-3-4-5-6-7-12-17-27-23-16-11-10-15-22(23)26-25(27)20-18-24(29)28(19-20)21-13-8-9-14-21/h10-11,15-16,20-21H,2-9,12-14,17-19H2,1H3. The molecule has 1 aliphatic heterocycles. The molecule has 2 heterocycles. The molecule has 1 unspecified atom stereocenters. The maximum Gasteiger partial charge on any atom is 0.223 e. The summed E-state index contributed by atoms with van der Waals surface area (Å²) in [7, 11) is 0. The average Bonchev–Trinajstić information content (AvgIpc) is 3.46. The molecule has 0 bridgehead atoms. The lowest BCUT2D eigenvalue weighted by Gasteiger charge is -2.24. The van der Waals surface area contributed by atoms with E-state index in [0.717, 1.165) is 24.4 Å².